The third-order valence-electron chi connectivity index (χ3n) is 3.64. The highest BCUT2D eigenvalue weighted by atomic mass is 16.2. The summed E-state index contributed by atoms with van der Waals surface area (Å²) in [5.74, 6) is -0.361. The molecule has 0 heterocycles. The van der Waals surface area contributed by atoms with Crippen LogP contribution in [0.25, 0.3) is 0 Å². The van der Waals surface area contributed by atoms with Gasteiger partial charge in [-0.1, -0.05) is 42.0 Å². The molecule has 0 saturated heterocycles. The first-order valence-corrected chi connectivity index (χ1v) is 7.91. The molecule has 5 nitrogen and oxygen atoms in total. The molecule has 1 atom stereocenters. The van der Waals surface area contributed by atoms with Gasteiger partial charge in [-0.2, -0.15) is 0 Å². The Hall–Kier alpha value is -2.66. The van der Waals surface area contributed by atoms with Gasteiger partial charge >= 0.3 is 0 Å². The van der Waals surface area contributed by atoms with Crippen molar-refractivity contribution in [2.24, 2.45) is 5.73 Å². The van der Waals surface area contributed by atoms with Crippen molar-refractivity contribution in [2.45, 2.75) is 33.0 Å². The van der Waals surface area contributed by atoms with E-state index in [0.717, 1.165) is 11.1 Å². The number of rotatable bonds is 6. The van der Waals surface area contributed by atoms with Crippen LogP contribution in [0, 0.1) is 6.92 Å². The zero-order chi connectivity index (χ0) is 17.5. The van der Waals surface area contributed by atoms with Gasteiger partial charge in [0.15, 0.2) is 0 Å². The standard InChI is InChI=1S/C19H23N3O2/c1-13-6-8-15(9-7-13)11-22-19(24)17-5-3-4-16(10-17)12-21-18(23)14(2)20/h3-10,14H,11-12,20H2,1-2H3,(H,21,23)(H,22,24)/t14-/m1/s1. The Morgan fingerprint density at radius 2 is 1.67 bits per heavy atom. The number of hydrogen-bond donors (Lipinski definition) is 3. The van der Waals surface area contributed by atoms with E-state index in [9.17, 15) is 9.59 Å². The summed E-state index contributed by atoms with van der Waals surface area (Å²) >= 11 is 0. The highest BCUT2D eigenvalue weighted by Gasteiger charge is 2.09. The zero-order valence-corrected chi connectivity index (χ0v) is 14.0. The lowest BCUT2D eigenvalue weighted by Crippen LogP contribution is -2.37. The van der Waals surface area contributed by atoms with Gasteiger partial charge in [-0.05, 0) is 37.1 Å². The van der Waals surface area contributed by atoms with Gasteiger partial charge in [-0.25, -0.2) is 0 Å². The number of benzene rings is 2. The Balaban J connectivity index is 1.93. The predicted octanol–water partition coefficient (Wildman–Crippen LogP) is 1.89. The minimum Gasteiger partial charge on any atom is -0.351 e. The van der Waals surface area contributed by atoms with Crippen LogP contribution in [0.1, 0.15) is 34.0 Å². The Morgan fingerprint density at radius 1 is 1.00 bits per heavy atom. The van der Waals surface area contributed by atoms with E-state index in [4.69, 9.17) is 5.73 Å². The largest absolute Gasteiger partial charge is 0.351 e. The zero-order valence-electron chi connectivity index (χ0n) is 14.0. The lowest BCUT2D eigenvalue weighted by molar-refractivity contribution is -0.122. The van der Waals surface area contributed by atoms with Crippen molar-refractivity contribution < 1.29 is 9.59 Å². The molecule has 2 amide bonds. The SMILES string of the molecule is Cc1ccc(CNC(=O)c2cccc(CNC(=O)[C@@H](C)N)c2)cc1. The molecule has 2 aromatic carbocycles. The second-order valence-electron chi connectivity index (χ2n) is 5.88. The second kappa shape index (κ2) is 8.26. The van der Waals surface area contributed by atoms with E-state index < -0.39 is 6.04 Å². The van der Waals surface area contributed by atoms with Crippen LogP contribution in [0.15, 0.2) is 48.5 Å². The van der Waals surface area contributed by atoms with Crippen LogP contribution >= 0.6 is 0 Å². The number of carbonyl (C=O) groups excluding carboxylic acids is 2. The van der Waals surface area contributed by atoms with Gasteiger partial charge in [0, 0.05) is 18.7 Å². The second-order valence-corrected chi connectivity index (χ2v) is 5.88. The summed E-state index contributed by atoms with van der Waals surface area (Å²) in [5.41, 5.74) is 9.16. The maximum atomic E-state index is 12.3. The van der Waals surface area contributed by atoms with E-state index in [1.165, 1.54) is 5.56 Å². The van der Waals surface area contributed by atoms with Gasteiger partial charge in [-0.15, -0.1) is 0 Å². The fourth-order valence-corrected chi connectivity index (χ4v) is 2.16. The Morgan fingerprint density at radius 3 is 2.33 bits per heavy atom. The lowest BCUT2D eigenvalue weighted by atomic mass is 10.1. The van der Waals surface area contributed by atoms with Gasteiger partial charge in [0.1, 0.15) is 0 Å². The number of nitrogens with two attached hydrogens (primary N) is 1. The summed E-state index contributed by atoms with van der Waals surface area (Å²) in [4.78, 5) is 23.8. The fourth-order valence-electron chi connectivity index (χ4n) is 2.16. The molecule has 0 unspecified atom stereocenters. The molecular formula is C19H23N3O2. The Bertz CT molecular complexity index is 709. The molecule has 5 heteroatoms. The summed E-state index contributed by atoms with van der Waals surface area (Å²) in [6.07, 6.45) is 0. The Labute approximate surface area is 142 Å². The van der Waals surface area contributed by atoms with E-state index in [1.807, 2.05) is 37.3 Å². The van der Waals surface area contributed by atoms with Crippen LogP contribution in [-0.2, 0) is 17.9 Å². The molecule has 2 aromatic rings. The van der Waals surface area contributed by atoms with Crippen LogP contribution in [0.3, 0.4) is 0 Å². The fraction of sp³-hybridized carbons (Fsp3) is 0.263. The predicted molar refractivity (Wildman–Crippen MR) is 94.3 cm³/mol. The van der Waals surface area contributed by atoms with Gasteiger partial charge in [0.2, 0.25) is 5.91 Å². The maximum absolute atomic E-state index is 12.3. The van der Waals surface area contributed by atoms with Crippen LogP contribution in [0.4, 0.5) is 0 Å². The quantitative estimate of drug-likeness (QED) is 0.758. The van der Waals surface area contributed by atoms with Gasteiger partial charge < -0.3 is 16.4 Å². The third-order valence-corrected chi connectivity index (χ3v) is 3.64. The molecule has 0 aliphatic heterocycles. The summed E-state index contributed by atoms with van der Waals surface area (Å²) < 4.78 is 0. The minimum absolute atomic E-state index is 0.143. The molecule has 2 rings (SSSR count). The molecule has 0 saturated carbocycles. The summed E-state index contributed by atoms with van der Waals surface area (Å²) in [7, 11) is 0. The van der Waals surface area contributed by atoms with Crippen molar-refractivity contribution in [1.82, 2.24) is 10.6 Å². The Kier molecular flexibility index (Phi) is 6.09. The lowest BCUT2D eigenvalue weighted by Gasteiger charge is -2.10. The molecule has 0 aromatic heterocycles. The van der Waals surface area contributed by atoms with Crippen molar-refractivity contribution in [3.05, 3.63) is 70.8 Å². The molecule has 24 heavy (non-hydrogen) atoms. The smallest absolute Gasteiger partial charge is 0.251 e. The highest BCUT2D eigenvalue weighted by molar-refractivity contribution is 5.94. The normalized spacial score (nSPS) is 11.6. The van der Waals surface area contributed by atoms with E-state index in [2.05, 4.69) is 10.6 Å². The van der Waals surface area contributed by atoms with Gasteiger partial charge in [0.25, 0.3) is 5.91 Å². The van der Waals surface area contributed by atoms with Gasteiger partial charge in [-0.3, -0.25) is 9.59 Å². The average molecular weight is 325 g/mol. The monoisotopic (exact) mass is 325 g/mol. The molecule has 0 radical (unpaired) electrons. The molecule has 4 N–H and O–H groups in total. The highest BCUT2D eigenvalue weighted by Crippen LogP contribution is 2.07. The van der Waals surface area contributed by atoms with Crippen molar-refractivity contribution in [3.8, 4) is 0 Å². The molecule has 126 valence electrons. The topological polar surface area (TPSA) is 84.2 Å². The van der Waals surface area contributed by atoms with Crippen LogP contribution in [0.2, 0.25) is 0 Å². The molecule has 0 aliphatic carbocycles. The molecule has 0 bridgehead atoms. The number of amides is 2. The first kappa shape index (κ1) is 17.7. The first-order valence-electron chi connectivity index (χ1n) is 7.91. The van der Waals surface area contributed by atoms with Crippen molar-refractivity contribution in [2.75, 3.05) is 0 Å². The summed E-state index contributed by atoms with van der Waals surface area (Å²) in [5, 5.41) is 5.63. The molecular weight excluding hydrogens is 302 g/mol. The van der Waals surface area contributed by atoms with Crippen LogP contribution < -0.4 is 16.4 Å². The van der Waals surface area contributed by atoms with Crippen LogP contribution in [0.5, 0.6) is 0 Å². The van der Waals surface area contributed by atoms with Crippen molar-refractivity contribution in [1.29, 1.82) is 0 Å². The molecule has 0 fully saturated rings. The van der Waals surface area contributed by atoms with Crippen molar-refractivity contribution >= 4 is 11.8 Å². The number of carbonyl (C=O) groups is 2. The van der Waals surface area contributed by atoms with E-state index in [0.29, 0.717) is 18.7 Å². The molecule has 0 aliphatic rings. The maximum Gasteiger partial charge on any atom is 0.251 e. The van der Waals surface area contributed by atoms with Gasteiger partial charge in [0.05, 0.1) is 6.04 Å². The number of nitrogens with one attached hydrogen (secondary N) is 2. The number of hydrogen-bond acceptors (Lipinski definition) is 3. The van der Waals surface area contributed by atoms with Crippen molar-refractivity contribution in [3.63, 3.8) is 0 Å². The van der Waals surface area contributed by atoms with Crippen LogP contribution in [-0.4, -0.2) is 17.9 Å². The van der Waals surface area contributed by atoms with E-state index in [-0.39, 0.29) is 11.8 Å². The first-order chi connectivity index (χ1) is 11.5. The summed E-state index contributed by atoms with van der Waals surface area (Å²) in [6.45, 7) is 4.48. The average Bonchev–Trinajstić information content (AvgIpc) is 2.59. The molecule has 0 spiro atoms. The number of aryl methyl sites for hydroxylation is 1. The van der Waals surface area contributed by atoms with E-state index >= 15 is 0 Å². The third kappa shape index (κ3) is 5.21. The van der Waals surface area contributed by atoms with E-state index in [1.54, 1.807) is 25.1 Å². The summed E-state index contributed by atoms with van der Waals surface area (Å²) in [6, 6.07) is 14.7. The minimum atomic E-state index is -0.550.